The molecule has 0 amide bonds. The van der Waals surface area contributed by atoms with E-state index < -0.39 is 4.92 Å². The number of nitrogens with zero attached hydrogens (tertiary/aromatic N) is 4. The Morgan fingerprint density at radius 2 is 1.85 bits per heavy atom. The van der Waals surface area contributed by atoms with Crippen LogP contribution in [0.5, 0.6) is 0 Å². The van der Waals surface area contributed by atoms with Crippen molar-refractivity contribution in [2.24, 2.45) is 0 Å². The van der Waals surface area contributed by atoms with Gasteiger partial charge in [0, 0.05) is 36.1 Å². The lowest BCUT2D eigenvalue weighted by atomic mass is 9.97. The lowest BCUT2D eigenvalue weighted by molar-refractivity contribution is -0.384. The number of hydrogen-bond donors (Lipinski definition) is 0. The molecular formula is C19H14N4O2S. The summed E-state index contributed by atoms with van der Waals surface area (Å²) in [7, 11) is 0. The third-order valence-electron chi connectivity index (χ3n) is 4.14. The molecule has 7 heteroatoms. The highest BCUT2D eigenvalue weighted by Gasteiger charge is 2.13. The topological polar surface area (TPSA) is 73.3 Å². The predicted molar refractivity (Wildman–Crippen MR) is 102 cm³/mol. The van der Waals surface area contributed by atoms with E-state index >= 15 is 0 Å². The van der Waals surface area contributed by atoms with Crippen molar-refractivity contribution in [2.75, 3.05) is 0 Å². The molecule has 0 bridgehead atoms. The van der Waals surface area contributed by atoms with Crippen molar-refractivity contribution in [1.82, 2.24) is 14.4 Å². The fourth-order valence-electron chi connectivity index (χ4n) is 2.85. The molecule has 0 saturated heterocycles. The molecule has 0 saturated carbocycles. The van der Waals surface area contributed by atoms with Gasteiger partial charge in [-0.3, -0.25) is 19.5 Å². The molecule has 3 aromatic heterocycles. The zero-order chi connectivity index (χ0) is 18.1. The Morgan fingerprint density at radius 3 is 2.54 bits per heavy atom. The van der Waals surface area contributed by atoms with Crippen LogP contribution in [0.1, 0.15) is 22.5 Å². The molecule has 128 valence electrons. The Hall–Kier alpha value is -3.32. The van der Waals surface area contributed by atoms with Gasteiger partial charge in [0.1, 0.15) is 0 Å². The van der Waals surface area contributed by atoms with Gasteiger partial charge >= 0.3 is 0 Å². The summed E-state index contributed by atoms with van der Waals surface area (Å²) >= 11 is 1.58. The molecule has 0 atom stereocenters. The Kier molecular flexibility index (Phi) is 4.06. The van der Waals surface area contributed by atoms with E-state index in [-0.39, 0.29) is 5.69 Å². The zero-order valence-electron chi connectivity index (χ0n) is 13.9. The molecule has 26 heavy (non-hydrogen) atoms. The third kappa shape index (κ3) is 2.89. The maximum absolute atomic E-state index is 10.9. The number of aromatic nitrogens is 3. The van der Waals surface area contributed by atoms with Crippen LogP contribution in [-0.4, -0.2) is 19.3 Å². The molecule has 0 fully saturated rings. The first-order valence-electron chi connectivity index (χ1n) is 7.92. The van der Waals surface area contributed by atoms with Gasteiger partial charge in [-0.15, -0.1) is 11.3 Å². The van der Waals surface area contributed by atoms with Crippen LogP contribution in [0.4, 0.5) is 5.69 Å². The largest absolute Gasteiger partial charge is 0.291 e. The summed E-state index contributed by atoms with van der Waals surface area (Å²) < 4.78 is 2.05. The molecule has 0 unspecified atom stereocenters. The number of aryl methyl sites for hydroxylation is 1. The smallest absolute Gasteiger partial charge is 0.269 e. The molecule has 0 aliphatic heterocycles. The highest BCUT2D eigenvalue weighted by Crippen LogP contribution is 2.29. The highest BCUT2D eigenvalue weighted by atomic mass is 32.1. The molecule has 0 aliphatic carbocycles. The Labute approximate surface area is 153 Å². The van der Waals surface area contributed by atoms with Crippen LogP contribution >= 0.6 is 11.3 Å². The standard InChI is InChI=1S/C19H14N4O2S/c1-13-18(22-10-11-26-19(22)21-13)12-17(15-6-8-20-9-7-15)14-2-4-16(5-3-14)23(24)25/h2-12H,1H3. The molecule has 1 aromatic carbocycles. The fraction of sp³-hybridized carbons (Fsp3) is 0.0526. The van der Waals surface area contributed by atoms with Crippen molar-refractivity contribution in [3.63, 3.8) is 0 Å². The van der Waals surface area contributed by atoms with Crippen LogP contribution in [0, 0.1) is 17.0 Å². The van der Waals surface area contributed by atoms with Gasteiger partial charge in [-0.1, -0.05) is 0 Å². The normalized spacial score (nSPS) is 11.8. The number of imidazole rings is 1. The monoisotopic (exact) mass is 362 g/mol. The van der Waals surface area contributed by atoms with E-state index in [2.05, 4.69) is 16.0 Å². The van der Waals surface area contributed by atoms with Crippen molar-refractivity contribution in [3.05, 3.63) is 93.0 Å². The van der Waals surface area contributed by atoms with Gasteiger partial charge in [-0.25, -0.2) is 4.98 Å². The molecule has 6 nitrogen and oxygen atoms in total. The summed E-state index contributed by atoms with van der Waals surface area (Å²) in [4.78, 5) is 20.2. The quantitative estimate of drug-likeness (QED) is 0.393. The summed E-state index contributed by atoms with van der Waals surface area (Å²) in [6, 6.07) is 10.4. The SMILES string of the molecule is Cc1nc2sccn2c1C=C(c1ccncc1)c1ccc([N+](=O)[O-])cc1. The van der Waals surface area contributed by atoms with Crippen molar-refractivity contribution in [2.45, 2.75) is 6.92 Å². The summed E-state index contributed by atoms with van der Waals surface area (Å²) in [5, 5.41) is 12.9. The minimum Gasteiger partial charge on any atom is -0.291 e. The lowest BCUT2D eigenvalue weighted by Gasteiger charge is -2.09. The maximum atomic E-state index is 10.9. The minimum atomic E-state index is -0.393. The molecule has 0 aliphatic rings. The highest BCUT2D eigenvalue weighted by molar-refractivity contribution is 7.15. The fourth-order valence-corrected chi connectivity index (χ4v) is 3.62. The number of nitro benzene ring substituents is 1. The first-order valence-corrected chi connectivity index (χ1v) is 8.80. The van der Waals surface area contributed by atoms with Crippen LogP contribution in [0.25, 0.3) is 16.6 Å². The van der Waals surface area contributed by atoms with Crippen molar-refractivity contribution < 1.29 is 4.92 Å². The van der Waals surface area contributed by atoms with Crippen molar-refractivity contribution in [3.8, 4) is 0 Å². The van der Waals surface area contributed by atoms with Crippen LogP contribution in [0.3, 0.4) is 0 Å². The second-order valence-electron chi connectivity index (χ2n) is 5.74. The van der Waals surface area contributed by atoms with Crippen LogP contribution in [-0.2, 0) is 0 Å². The molecule has 0 N–H and O–H groups in total. The van der Waals surface area contributed by atoms with E-state index in [1.807, 2.05) is 35.0 Å². The average molecular weight is 362 g/mol. The number of rotatable bonds is 4. The Balaban J connectivity index is 1.90. The number of hydrogen-bond acceptors (Lipinski definition) is 5. The van der Waals surface area contributed by atoms with E-state index in [1.54, 1.807) is 35.9 Å². The molecular weight excluding hydrogens is 348 g/mol. The van der Waals surface area contributed by atoms with Gasteiger partial charge in [-0.05, 0) is 54.0 Å². The van der Waals surface area contributed by atoms with Crippen molar-refractivity contribution >= 4 is 33.6 Å². The van der Waals surface area contributed by atoms with Crippen LogP contribution in [0.15, 0.2) is 60.4 Å². The van der Waals surface area contributed by atoms with E-state index in [1.165, 1.54) is 12.1 Å². The first-order chi connectivity index (χ1) is 12.6. The van der Waals surface area contributed by atoms with E-state index in [9.17, 15) is 10.1 Å². The molecule has 3 heterocycles. The second kappa shape index (κ2) is 6.53. The van der Waals surface area contributed by atoms with Gasteiger partial charge in [-0.2, -0.15) is 0 Å². The molecule has 4 rings (SSSR count). The van der Waals surface area contributed by atoms with Crippen molar-refractivity contribution in [1.29, 1.82) is 0 Å². The second-order valence-corrected chi connectivity index (χ2v) is 6.61. The summed E-state index contributed by atoms with van der Waals surface area (Å²) in [5.41, 5.74) is 4.84. The zero-order valence-corrected chi connectivity index (χ0v) is 14.7. The van der Waals surface area contributed by atoms with E-state index in [0.29, 0.717) is 0 Å². The van der Waals surface area contributed by atoms with Crippen LogP contribution < -0.4 is 0 Å². The summed E-state index contributed by atoms with van der Waals surface area (Å²) in [6.45, 7) is 1.98. The Bertz CT molecular complexity index is 1110. The number of pyridine rings is 1. The van der Waals surface area contributed by atoms with Gasteiger partial charge < -0.3 is 0 Å². The number of benzene rings is 1. The third-order valence-corrected chi connectivity index (χ3v) is 4.90. The minimum absolute atomic E-state index is 0.0728. The molecule has 0 radical (unpaired) electrons. The molecule has 0 spiro atoms. The number of thiazole rings is 1. The average Bonchev–Trinajstić information content (AvgIpc) is 3.22. The van der Waals surface area contributed by atoms with E-state index in [4.69, 9.17) is 0 Å². The van der Waals surface area contributed by atoms with Gasteiger partial charge in [0.2, 0.25) is 0 Å². The van der Waals surface area contributed by atoms with Gasteiger partial charge in [0.05, 0.1) is 16.3 Å². The predicted octanol–water partition coefficient (Wildman–Crippen LogP) is 4.60. The first kappa shape index (κ1) is 16.2. The Morgan fingerprint density at radius 1 is 1.15 bits per heavy atom. The number of non-ortho nitro benzene ring substituents is 1. The summed E-state index contributed by atoms with van der Waals surface area (Å²) in [5.74, 6) is 0. The number of nitro groups is 1. The molecule has 4 aromatic rings. The van der Waals surface area contributed by atoms with Crippen LogP contribution in [0.2, 0.25) is 0 Å². The number of fused-ring (bicyclic) bond motifs is 1. The van der Waals surface area contributed by atoms with Gasteiger partial charge in [0.15, 0.2) is 4.96 Å². The van der Waals surface area contributed by atoms with Gasteiger partial charge in [0.25, 0.3) is 5.69 Å². The lowest BCUT2D eigenvalue weighted by Crippen LogP contribution is -1.93. The maximum Gasteiger partial charge on any atom is 0.269 e. The summed E-state index contributed by atoms with van der Waals surface area (Å²) in [6.07, 6.45) is 7.53. The van der Waals surface area contributed by atoms with E-state index in [0.717, 1.165) is 33.0 Å².